The molecule has 1 aromatic carbocycles. The highest BCUT2D eigenvalue weighted by molar-refractivity contribution is 9.10. The van der Waals surface area contributed by atoms with E-state index in [1.807, 2.05) is 0 Å². The molecule has 2 rings (SSSR count). The Hall–Kier alpha value is -0.420. The van der Waals surface area contributed by atoms with Crippen LogP contribution in [-0.2, 0) is 11.3 Å². The summed E-state index contributed by atoms with van der Waals surface area (Å²) in [7, 11) is 0. The Labute approximate surface area is 117 Å². The average molecular weight is 313 g/mol. The molecule has 0 amide bonds. The van der Waals surface area contributed by atoms with E-state index in [2.05, 4.69) is 51.7 Å². The summed E-state index contributed by atoms with van der Waals surface area (Å²) in [5, 5.41) is 6.97. The van der Waals surface area contributed by atoms with Gasteiger partial charge in [-0.25, -0.2) is 0 Å². The van der Waals surface area contributed by atoms with Crippen molar-refractivity contribution in [2.75, 3.05) is 26.3 Å². The van der Waals surface area contributed by atoms with Crippen LogP contribution < -0.4 is 10.6 Å². The SMILES string of the molecule is Cc1ccc(Br)cc1CNCCC1COCCN1. The van der Waals surface area contributed by atoms with E-state index in [9.17, 15) is 0 Å². The van der Waals surface area contributed by atoms with Crippen LogP contribution in [0, 0.1) is 6.92 Å². The molecule has 4 heteroatoms. The molecule has 0 bridgehead atoms. The van der Waals surface area contributed by atoms with Crippen LogP contribution in [0.1, 0.15) is 17.5 Å². The van der Waals surface area contributed by atoms with Gasteiger partial charge in [0.05, 0.1) is 13.2 Å². The highest BCUT2D eigenvalue weighted by Gasteiger charge is 2.11. The van der Waals surface area contributed by atoms with Gasteiger partial charge in [-0.1, -0.05) is 22.0 Å². The first kappa shape index (κ1) is 14.0. The van der Waals surface area contributed by atoms with E-state index in [-0.39, 0.29) is 0 Å². The third-order valence-electron chi connectivity index (χ3n) is 3.29. The van der Waals surface area contributed by atoms with E-state index in [0.717, 1.165) is 43.7 Å². The minimum absolute atomic E-state index is 0.509. The van der Waals surface area contributed by atoms with Crippen LogP contribution >= 0.6 is 15.9 Å². The summed E-state index contributed by atoms with van der Waals surface area (Å²) in [5.41, 5.74) is 2.70. The van der Waals surface area contributed by atoms with Crippen LogP contribution in [-0.4, -0.2) is 32.3 Å². The van der Waals surface area contributed by atoms with Crippen LogP contribution in [0.3, 0.4) is 0 Å². The molecule has 0 spiro atoms. The summed E-state index contributed by atoms with van der Waals surface area (Å²) in [4.78, 5) is 0. The lowest BCUT2D eigenvalue weighted by Crippen LogP contribution is -2.42. The Balaban J connectivity index is 1.69. The summed E-state index contributed by atoms with van der Waals surface area (Å²) in [5.74, 6) is 0. The molecule has 0 aromatic heterocycles. The molecule has 1 unspecified atom stereocenters. The number of ether oxygens (including phenoxy) is 1. The van der Waals surface area contributed by atoms with Crippen LogP contribution in [0.5, 0.6) is 0 Å². The van der Waals surface area contributed by atoms with Gasteiger partial charge in [0.25, 0.3) is 0 Å². The summed E-state index contributed by atoms with van der Waals surface area (Å²) in [6.45, 7) is 6.78. The molecule has 1 heterocycles. The Morgan fingerprint density at radius 2 is 2.39 bits per heavy atom. The lowest BCUT2D eigenvalue weighted by Gasteiger charge is -2.23. The van der Waals surface area contributed by atoms with Gasteiger partial charge in [-0.15, -0.1) is 0 Å². The third kappa shape index (κ3) is 4.35. The Morgan fingerprint density at radius 3 is 3.17 bits per heavy atom. The van der Waals surface area contributed by atoms with Gasteiger partial charge in [0.1, 0.15) is 0 Å². The van der Waals surface area contributed by atoms with Gasteiger partial charge in [-0.05, 0) is 43.1 Å². The molecule has 2 N–H and O–H groups in total. The maximum absolute atomic E-state index is 5.44. The second-order valence-electron chi connectivity index (χ2n) is 4.76. The fraction of sp³-hybridized carbons (Fsp3) is 0.571. The van der Waals surface area contributed by atoms with E-state index < -0.39 is 0 Å². The van der Waals surface area contributed by atoms with Gasteiger partial charge in [0, 0.05) is 23.6 Å². The van der Waals surface area contributed by atoms with E-state index in [0.29, 0.717) is 6.04 Å². The molecule has 1 saturated heterocycles. The molecule has 0 saturated carbocycles. The molecule has 1 aliphatic heterocycles. The zero-order valence-corrected chi connectivity index (χ0v) is 12.4. The van der Waals surface area contributed by atoms with Crippen molar-refractivity contribution in [1.29, 1.82) is 0 Å². The van der Waals surface area contributed by atoms with Crippen molar-refractivity contribution in [3.8, 4) is 0 Å². The highest BCUT2D eigenvalue weighted by Crippen LogP contribution is 2.15. The number of aryl methyl sites for hydroxylation is 1. The number of rotatable bonds is 5. The summed E-state index contributed by atoms with van der Waals surface area (Å²) >= 11 is 3.51. The molecule has 1 aliphatic rings. The first-order valence-electron chi connectivity index (χ1n) is 6.52. The quantitative estimate of drug-likeness (QED) is 0.818. The van der Waals surface area contributed by atoms with Crippen molar-refractivity contribution in [2.45, 2.75) is 25.9 Å². The lowest BCUT2D eigenvalue weighted by atomic mass is 10.1. The summed E-state index contributed by atoms with van der Waals surface area (Å²) in [6.07, 6.45) is 1.12. The number of hydrogen-bond acceptors (Lipinski definition) is 3. The third-order valence-corrected chi connectivity index (χ3v) is 3.79. The molecule has 1 atom stereocenters. The second-order valence-corrected chi connectivity index (χ2v) is 5.68. The number of morpholine rings is 1. The lowest BCUT2D eigenvalue weighted by molar-refractivity contribution is 0.0742. The Bertz CT molecular complexity index is 378. The van der Waals surface area contributed by atoms with Gasteiger partial charge in [0.15, 0.2) is 0 Å². The van der Waals surface area contributed by atoms with Gasteiger partial charge in [-0.2, -0.15) is 0 Å². The van der Waals surface area contributed by atoms with Crippen molar-refractivity contribution in [3.63, 3.8) is 0 Å². The van der Waals surface area contributed by atoms with Crippen LogP contribution in [0.15, 0.2) is 22.7 Å². The Kier molecular flexibility index (Phi) is 5.63. The first-order valence-corrected chi connectivity index (χ1v) is 7.32. The van der Waals surface area contributed by atoms with Gasteiger partial charge < -0.3 is 15.4 Å². The summed E-state index contributed by atoms with van der Waals surface area (Å²) in [6, 6.07) is 6.93. The largest absolute Gasteiger partial charge is 0.379 e. The molecule has 0 aliphatic carbocycles. The van der Waals surface area contributed by atoms with Crippen molar-refractivity contribution in [2.24, 2.45) is 0 Å². The smallest absolute Gasteiger partial charge is 0.0620 e. The van der Waals surface area contributed by atoms with Crippen molar-refractivity contribution >= 4 is 15.9 Å². The predicted molar refractivity (Wildman–Crippen MR) is 77.8 cm³/mol. The van der Waals surface area contributed by atoms with Gasteiger partial charge in [0.2, 0.25) is 0 Å². The van der Waals surface area contributed by atoms with Gasteiger partial charge in [-0.3, -0.25) is 0 Å². The minimum Gasteiger partial charge on any atom is -0.379 e. The molecule has 1 aromatic rings. The van der Waals surface area contributed by atoms with E-state index >= 15 is 0 Å². The molecule has 3 nitrogen and oxygen atoms in total. The van der Waals surface area contributed by atoms with Crippen LogP contribution in [0.4, 0.5) is 0 Å². The number of benzene rings is 1. The maximum Gasteiger partial charge on any atom is 0.0620 e. The molecule has 18 heavy (non-hydrogen) atoms. The zero-order chi connectivity index (χ0) is 12.8. The first-order chi connectivity index (χ1) is 8.75. The molecule has 0 radical (unpaired) electrons. The maximum atomic E-state index is 5.44. The van der Waals surface area contributed by atoms with Crippen molar-refractivity contribution in [3.05, 3.63) is 33.8 Å². The van der Waals surface area contributed by atoms with Gasteiger partial charge >= 0.3 is 0 Å². The average Bonchev–Trinajstić information content (AvgIpc) is 2.40. The van der Waals surface area contributed by atoms with Crippen LogP contribution in [0.2, 0.25) is 0 Å². The highest BCUT2D eigenvalue weighted by atomic mass is 79.9. The molecule has 100 valence electrons. The van der Waals surface area contributed by atoms with E-state index in [1.165, 1.54) is 11.1 Å². The zero-order valence-electron chi connectivity index (χ0n) is 10.8. The van der Waals surface area contributed by atoms with E-state index in [4.69, 9.17) is 4.74 Å². The van der Waals surface area contributed by atoms with E-state index in [1.54, 1.807) is 0 Å². The fourth-order valence-corrected chi connectivity index (χ4v) is 2.54. The van der Waals surface area contributed by atoms with Crippen LogP contribution in [0.25, 0.3) is 0 Å². The number of hydrogen-bond donors (Lipinski definition) is 2. The Morgan fingerprint density at radius 1 is 1.50 bits per heavy atom. The monoisotopic (exact) mass is 312 g/mol. The summed E-state index contributed by atoms with van der Waals surface area (Å²) < 4.78 is 6.58. The number of nitrogens with one attached hydrogen (secondary N) is 2. The molecular formula is C14H21BrN2O. The predicted octanol–water partition coefficient (Wildman–Crippen LogP) is 2.23. The van der Waals surface area contributed by atoms with Crippen molar-refractivity contribution in [1.82, 2.24) is 10.6 Å². The number of halogens is 1. The second kappa shape index (κ2) is 7.24. The minimum atomic E-state index is 0.509. The fourth-order valence-electron chi connectivity index (χ4n) is 2.13. The van der Waals surface area contributed by atoms with Crippen molar-refractivity contribution < 1.29 is 4.74 Å². The molecule has 1 fully saturated rings. The molecular weight excluding hydrogens is 292 g/mol. The normalized spacial score (nSPS) is 20.0. The standard InChI is InChI=1S/C14H21BrN2O/c1-11-2-3-13(15)8-12(11)9-16-5-4-14-10-18-7-6-17-14/h2-3,8,14,16-17H,4-7,9-10H2,1H3. The topological polar surface area (TPSA) is 33.3 Å².